The summed E-state index contributed by atoms with van der Waals surface area (Å²) in [5, 5.41) is 0. The highest BCUT2D eigenvalue weighted by Gasteiger charge is 2.12. The fraction of sp³-hybridized carbons (Fsp3) is 0.235. The molecule has 0 saturated heterocycles. The Kier molecular flexibility index (Phi) is 5.48. The van der Waals surface area contributed by atoms with E-state index in [1.54, 1.807) is 12.1 Å². The molecule has 0 amide bonds. The number of ketones is 1. The Hall–Kier alpha value is -1.26. The lowest BCUT2D eigenvalue weighted by Crippen LogP contribution is -2.11. The molecule has 0 N–H and O–H groups in total. The first-order chi connectivity index (χ1) is 9.97. The minimum absolute atomic E-state index is 0.0165. The predicted octanol–water partition coefficient (Wildman–Crippen LogP) is 4.56. The molecular weight excluding hydrogens is 348 g/mol. The van der Waals surface area contributed by atoms with E-state index in [2.05, 4.69) is 29.8 Å². The van der Waals surface area contributed by atoms with Crippen LogP contribution >= 0.6 is 15.9 Å². The molecule has 1 unspecified atom stereocenters. The summed E-state index contributed by atoms with van der Waals surface area (Å²) in [5.41, 5.74) is 1.81. The summed E-state index contributed by atoms with van der Waals surface area (Å²) in [4.78, 5) is 12.8. The van der Waals surface area contributed by atoms with Gasteiger partial charge in [0, 0.05) is 14.9 Å². The lowest BCUT2D eigenvalue weighted by atomic mass is 10.0. The first kappa shape index (κ1) is 16.1. The Morgan fingerprint density at radius 2 is 1.62 bits per heavy atom. The maximum absolute atomic E-state index is 12.2. The van der Waals surface area contributed by atoms with Crippen LogP contribution in [0.1, 0.15) is 35.7 Å². The molecule has 2 aromatic carbocycles. The molecule has 2 nitrogen and oxygen atoms in total. The van der Waals surface area contributed by atoms with Gasteiger partial charge in [0.15, 0.2) is 5.78 Å². The fourth-order valence-corrected chi connectivity index (χ4v) is 3.20. The highest BCUT2D eigenvalue weighted by molar-refractivity contribution is 9.10. The van der Waals surface area contributed by atoms with Gasteiger partial charge in [-0.1, -0.05) is 54.0 Å². The van der Waals surface area contributed by atoms with Crippen molar-refractivity contribution in [1.29, 1.82) is 0 Å². The van der Waals surface area contributed by atoms with Gasteiger partial charge in [-0.3, -0.25) is 9.00 Å². The molecule has 0 heterocycles. The van der Waals surface area contributed by atoms with Gasteiger partial charge in [-0.05, 0) is 35.7 Å². The SMILES string of the molecule is CC(C)c1ccc(C(=O)CS(=O)c2ccc(Br)cc2)cc1. The molecule has 0 aliphatic carbocycles. The molecule has 0 spiro atoms. The summed E-state index contributed by atoms with van der Waals surface area (Å²) in [6.45, 7) is 4.22. The Labute approximate surface area is 136 Å². The Morgan fingerprint density at radius 3 is 2.14 bits per heavy atom. The molecule has 2 rings (SSSR count). The smallest absolute Gasteiger partial charge is 0.175 e. The van der Waals surface area contributed by atoms with Crippen molar-refractivity contribution in [2.24, 2.45) is 0 Å². The zero-order valence-electron chi connectivity index (χ0n) is 12.0. The summed E-state index contributed by atoms with van der Waals surface area (Å²) < 4.78 is 13.1. The normalized spacial score (nSPS) is 12.4. The minimum atomic E-state index is -1.31. The van der Waals surface area contributed by atoms with E-state index in [0.29, 0.717) is 16.4 Å². The molecule has 0 aliphatic heterocycles. The molecule has 0 bridgehead atoms. The van der Waals surface area contributed by atoms with Crippen LogP contribution in [0, 0.1) is 0 Å². The van der Waals surface area contributed by atoms with Gasteiger partial charge in [-0.15, -0.1) is 0 Å². The van der Waals surface area contributed by atoms with Crippen LogP contribution in [0.5, 0.6) is 0 Å². The zero-order chi connectivity index (χ0) is 15.4. The Balaban J connectivity index is 2.07. The van der Waals surface area contributed by atoms with Gasteiger partial charge in [0.2, 0.25) is 0 Å². The van der Waals surface area contributed by atoms with E-state index < -0.39 is 10.8 Å². The van der Waals surface area contributed by atoms with Crippen molar-refractivity contribution >= 4 is 32.5 Å². The lowest BCUT2D eigenvalue weighted by Gasteiger charge is -2.06. The van der Waals surface area contributed by atoms with E-state index in [9.17, 15) is 9.00 Å². The topological polar surface area (TPSA) is 34.1 Å². The third kappa shape index (κ3) is 4.35. The molecule has 21 heavy (non-hydrogen) atoms. The van der Waals surface area contributed by atoms with Gasteiger partial charge in [0.1, 0.15) is 0 Å². The second-order valence-corrected chi connectivity index (χ2v) is 7.51. The number of rotatable bonds is 5. The van der Waals surface area contributed by atoms with Crippen molar-refractivity contribution in [1.82, 2.24) is 0 Å². The van der Waals surface area contributed by atoms with Crippen LogP contribution in [-0.4, -0.2) is 15.7 Å². The van der Waals surface area contributed by atoms with E-state index in [0.717, 1.165) is 4.47 Å². The van der Waals surface area contributed by atoms with Crippen molar-refractivity contribution in [3.8, 4) is 0 Å². The van der Waals surface area contributed by atoms with Crippen molar-refractivity contribution in [2.45, 2.75) is 24.7 Å². The predicted molar refractivity (Wildman–Crippen MR) is 90.3 cm³/mol. The van der Waals surface area contributed by atoms with Gasteiger partial charge in [-0.25, -0.2) is 0 Å². The van der Waals surface area contributed by atoms with Crippen LogP contribution in [0.15, 0.2) is 57.9 Å². The summed E-state index contributed by atoms with van der Waals surface area (Å²) in [6, 6.07) is 14.8. The zero-order valence-corrected chi connectivity index (χ0v) is 14.4. The van der Waals surface area contributed by atoms with Gasteiger partial charge < -0.3 is 0 Å². The highest BCUT2D eigenvalue weighted by Crippen LogP contribution is 2.17. The van der Waals surface area contributed by atoms with Crippen molar-refractivity contribution < 1.29 is 9.00 Å². The molecule has 0 saturated carbocycles. The van der Waals surface area contributed by atoms with Crippen LogP contribution in [0.2, 0.25) is 0 Å². The summed E-state index contributed by atoms with van der Waals surface area (Å²) >= 11 is 3.33. The average molecular weight is 365 g/mol. The van der Waals surface area contributed by atoms with Crippen molar-refractivity contribution in [3.63, 3.8) is 0 Å². The van der Waals surface area contributed by atoms with E-state index in [1.807, 2.05) is 36.4 Å². The minimum Gasteiger partial charge on any atom is -0.293 e. The first-order valence-electron chi connectivity index (χ1n) is 6.74. The van der Waals surface area contributed by atoms with Gasteiger partial charge in [-0.2, -0.15) is 0 Å². The van der Waals surface area contributed by atoms with E-state index in [4.69, 9.17) is 0 Å². The second-order valence-electron chi connectivity index (χ2n) is 5.14. The molecule has 2 aromatic rings. The largest absolute Gasteiger partial charge is 0.293 e. The number of hydrogen-bond acceptors (Lipinski definition) is 2. The quantitative estimate of drug-likeness (QED) is 0.728. The van der Waals surface area contributed by atoms with Crippen molar-refractivity contribution in [3.05, 3.63) is 64.1 Å². The number of hydrogen-bond donors (Lipinski definition) is 0. The third-order valence-electron chi connectivity index (χ3n) is 3.24. The molecule has 0 aromatic heterocycles. The van der Waals surface area contributed by atoms with Crippen LogP contribution in [0.4, 0.5) is 0 Å². The molecule has 0 radical (unpaired) electrons. The molecule has 0 fully saturated rings. The maximum Gasteiger partial charge on any atom is 0.175 e. The molecule has 0 aliphatic rings. The van der Waals surface area contributed by atoms with Crippen LogP contribution in [0.3, 0.4) is 0 Å². The highest BCUT2D eigenvalue weighted by atomic mass is 79.9. The first-order valence-corrected chi connectivity index (χ1v) is 8.85. The third-order valence-corrected chi connectivity index (χ3v) is 5.09. The van der Waals surface area contributed by atoms with Crippen LogP contribution < -0.4 is 0 Å². The molecule has 110 valence electrons. The molecule has 4 heteroatoms. The monoisotopic (exact) mass is 364 g/mol. The van der Waals surface area contributed by atoms with E-state index >= 15 is 0 Å². The molecular formula is C17H17BrO2S. The number of carbonyl (C=O) groups excluding carboxylic acids is 1. The Bertz CT molecular complexity index is 645. The summed E-state index contributed by atoms with van der Waals surface area (Å²) in [5.74, 6) is 0.362. The van der Waals surface area contributed by atoms with E-state index in [1.165, 1.54) is 5.56 Å². The van der Waals surface area contributed by atoms with Crippen molar-refractivity contribution in [2.75, 3.05) is 5.75 Å². The number of benzene rings is 2. The number of Topliss-reactive ketones (excluding diaryl/α,β-unsaturated/α-hetero) is 1. The number of carbonyl (C=O) groups is 1. The fourth-order valence-electron chi connectivity index (χ4n) is 1.93. The summed E-state index contributed by atoms with van der Waals surface area (Å²) in [7, 11) is -1.31. The second kappa shape index (κ2) is 7.14. The summed E-state index contributed by atoms with van der Waals surface area (Å²) in [6.07, 6.45) is 0. The lowest BCUT2D eigenvalue weighted by molar-refractivity contribution is 0.102. The number of halogens is 1. The van der Waals surface area contributed by atoms with E-state index in [-0.39, 0.29) is 11.5 Å². The molecule has 1 atom stereocenters. The maximum atomic E-state index is 12.2. The van der Waals surface area contributed by atoms with Gasteiger partial charge in [0.25, 0.3) is 0 Å². The van der Waals surface area contributed by atoms with Gasteiger partial charge >= 0.3 is 0 Å². The van der Waals surface area contributed by atoms with Gasteiger partial charge in [0.05, 0.1) is 16.6 Å². The average Bonchev–Trinajstić information content (AvgIpc) is 2.47. The van der Waals surface area contributed by atoms with Crippen LogP contribution in [-0.2, 0) is 10.8 Å². The Morgan fingerprint density at radius 1 is 1.05 bits per heavy atom. The van der Waals surface area contributed by atoms with Crippen LogP contribution in [0.25, 0.3) is 0 Å². The standard InChI is InChI=1S/C17H17BrO2S/c1-12(2)13-3-5-14(6-4-13)17(19)11-21(20)16-9-7-15(18)8-10-16/h3-10,12H,11H2,1-2H3.